The Hall–Kier alpha value is -2.31. The van der Waals surface area contributed by atoms with Crippen molar-refractivity contribution in [1.29, 1.82) is 0 Å². The number of hydrogen-bond acceptors (Lipinski definition) is 4. The summed E-state index contributed by atoms with van der Waals surface area (Å²) in [7, 11) is 1.50. The van der Waals surface area contributed by atoms with E-state index < -0.39 is 18.0 Å². The number of hydrogen-bond donors (Lipinski definition) is 3. The second-order valence-corrected chi connectivity index (χ2v) is 3.83. The fourth-order valence-electron chi connectivity index (χ4n) is 1.40. The van der Waals surface area contributed by atoms with Gasteiger partial charge < -0.3 is 20.5 Å². The lowest BCUT2D eigenvalue weighted by Crippen LogP contribution is -2.45. The van der Waals surface area contributed by atoms with Crippen LogP contribution in [0.1, 0.15) is 18.9 Å². The lowest BCUT2D eigenvalue weighted by atomic mass is 10.2. The molecule has 0 saturated heterocycles. The van der Waals surface area contributed by atoms with E-state index in [0.29, 0.717) is 12.3 Å². The number of carboxylic acids is 1. The molecule has 1 unspecified atom stereocenters. The zero-order valence-corrected chi connectivity index (χ0v) is 10.8. The summed E-state index contributed by atoms with van der Waals surface area (Å²) in [5, 5.41) is 13.8. The Balaban J connectivity index is 2.47. The third-order valence-corrected chi connectivity index (χ3v) is 2.47. The molecule has 0 aliphatic heterocycles. The fraction of sp³-hybridized carbons (Fsp3) is 0.417. The van der Waals surface area contributed by atoms with Crippen LogP contribution < -0.4 is 15.4 Å². The number of amides is 2. The molecule has 2 amide bonds. The third-order valence-electron chi connectivity index (χ3n) is 2.47. The minimum absolute atomic E-state index is 0.265. The standard InChI is InChI=1S/C12H17N3O4/c1-3-9(11(16)17)15-12(18)14-7-8-4-5-13-10(6-8)19-2/h4-6,9H,3,7H2,1-2H3,(H,16,17)(H2,14,15,18). The lowest BCUT2D eigenvalue weighted by molar-refractivity contribution is -0.139. The average Bonchev–Trinajstić information content (AvgIpc) is 2.42. The number of nitrogens with one attached hydrogen (secondary N) is 2. The smallest absolute Gasteiger partial charge is 0.326 e. The van der Waals surface area contributed by atoms with Crippen LogP contribution in [-0.2, 0) is 11.3 Å². The van der Waals surface area contributed by atoms with Gasteiger partial charge in [-0.05, 0) is 18.1 Å². The van der Waals surface area contributed by atoms with Crippen molar-refractivity contribution in [3.8, 4) is 5.88 Å². The summed E-state index contributed by atoms with van der Waals surface area (Å²) in [4.78, 5) is 26.2. The highest BCUT2D eigenvalue weighted by molar-refractivity contribution is 5.82. The van der Waals surface area contributed by atoms with Crippen LogP contribution in [0.2, 0.25) is 0 Å². The van der Waals surface area contributed by atoms with Crippen molar-refractivity contribution < 1.29 is 19.4 Å². The molecule has 0 fully saturated rings. The molecule has 1 heterocycles. The maximum absolute atomic E-state index is 11.5. The van der Waals surface area contributed by atoms with E-state index in [0.717, 1.165) is 5.56 Å². The first kappa shape index (κ1) is 14.7. The van der Waals surface area contributed by atoms with Crippen LogP contribution in [-0.4, -0.2) is 35.2 Å². The molecule has 0 aliphatic rings. The van der Waals surface area contributed by atoms with Crippen molar-refractivity contribution in [3.63, 3.8) is 0 Å². The highest BCUT2D eigenvalue weighted by Crippen LogP contribution is 2.07. The fourth-order valence-corrected chi connectivity index (χ4v) is 1.40. The molecule has 104 valence electrons. The van der Waals surface area contributed by atoms with E-state index in [1.807, 2.05) is 0 Å². The molecule has 1 aromatic rings. The minimum Gasteiger partial charge on any atom is -0.481 e. The van der Waals surface area contributed by atoms with Gasteiger partial charge in [-0.1, -0.05) is 6.92 Å². The van der Waals surface area contributed by atoms with E-state index in [1.54, 1.807) is 25.3 Å². The van der Waals surface area contributed by atoms with Crippen molar-refractivity contribution in [2.24, 2.45) is 0 Å². The average molecular weight is 267 g/mol. The molecule has 1 rings (SSSR count). The Bertz CT molecular complexity index is 450. The SMILES string of the molecule is CCC(NC(=O)NCc1ccnc(OC)c1)C(=O)O. The summed E-state index contributed by atoms with van der Waals surface area (Å²) in [6, 6.07) is 2.02. The number of methoxy groups -OCH3 is 1. The number of carboxylic acid groups (broad SMARTS) is 1. The second-order valence-electron chi connectivity index (χ2n) is 3.83. The number of carbonyl (C=O) groups excluding carboxylic acids is 1. The molecule has 0 aromatic carbocycles. The number of aliphatic carboxylic acids is 1. The molecule has 0 radical (unpaired) electrons. The maximum Gasteiger partial charge on any atom is 0.326 e. The summed E-state index contributed by atoms with van der Waals surface area (Å²) in [6.07, 6.45) is 1.89. The monoisotopic (exact) mass is 267 g/mol. The Morgan fingerprint density at radius 2 is 2.26 bits per heavy atom. The minimum atomic E-state index is -1.05. The van der Waals surface area contributed by atoms with Gasteiger partial charge in [0.15, 0.2) is 0 Å². The van der Waals surface area contributed by atoms with Crippen LogP contribution >= 0.6 is 0 Å². The number of carbonyl (C=O) groups is 2. The van der Waals surface area contributed by atoms with Gasteiger partial charge in [0, 0.05) is 18.8 Å². The molecule has 19 heavy (non-hydrogen) atoms. The van der Waals surface area contributed by atoms with Crippen LogP contribution in [0.3, 0.4) is 0 Å². The van der Waals surface area contributed by atoms with E-state index in [2.05, 4.69) is 15.6 Å². The van der Waals surface area contributed by atoms with Crippen LogP contribution in [0.4, 0.5) is 4.79 Å². The quantitative estimate of drug-likeness (QED) is 0.706. The summed E-state index contributed by atoms with van der Waals surface area (Å²) in [5.41, 5.74) is 0.811. The van der Waals surface area contributed by atoms with Gasteiger partial charge in [0.2, 0.25) is 5.88 Å². The Morgan fingerprint density at radius 3 is 2.84 bits per heavy atom. The predicted molar refractivity (Wildman–Crippen MR) is 67.9 cm³/mol. The molecule has 0 saturated carbocycles. The van der Waals surface area contributed by atoms with Gasteiger partial charge >= 0.3 is 12.0 Å². The third kappa shape index (κ3) is 4.82. The molecular formula is C12H17N3O4. The van der Waals surface area contributed by atoms with E-state index in [-0.39, 0.29) is 6.54 Å². The van der Waals surface area contributed by atoms with Gasteiger partial charge in [0.1, 0.15) is 6.04 Å². The Kier molecular flexibility index (Phi) is 5.59. The summed E-state index contributed by atoms with van der Waals surface area (Å²) in [5.74, 6) is -0.597. The van der Waals surface area contributed by atoms with Crippen molar-refractivity contribution >= 4 is 12.0 Å². The number of nitrogens with zero attached hydrogens (tertiary/aromatic N) is 1. The largest absolute Gasteiger partial charge is 0.481 e. The first-order valence-electron chi connectivity index (χ1n) is 5.83. The van der Waals surface area contributed by atoms with E-state index in [1.165, 1.54) is 7.11 Å². The van der Waals surface area contributed by atoms with Crippen LogP contribution in [0.15, 0.2) is 18.3 Å². The molecule has 7 nitrogen and oxygen atoms in total. The zero-order chi connectivity index (χ0) is 14.3. The van der Waals surface area contributed by atoms with Gasteiger partial charge in [0.25, 0.3) is 0 Å². The molecule has 1 aromatic heterocycles. The van der Waals surface area contributed by atoms with Gasteiger partial charge in [0.05, 0.1) is 7.11 Å². The molecule has 0 aliphatic carbocycles. The normalized spacial score (nSPS) is 11.5. The number of aromatic nitrogens is 1. The van der Waals surface area contributed by atoms with Crippen molar-refractivity contribution in [2.45, 2.75) is 25.9 Å². The van der Waals surface area contributed by atoms with E-state index in [9.17, 15) is 9.59 Å². The second kappa shape index (κ2) is 7.20. The first-order chi connectivity index (χ1) is 9.06. The number of ether oxygens (including phenoxy) is 1. The topological polar surface area (TPSA) is 101 Å². The molecule has 0 bridgehead atoms. The van der Waals surface area contributed by atoms with Crippen molar-refractivity contribution in [2.75, 3.05) is 7.11 Å². The lowest BCUT2D eigenvalue weighted by Gasteiger charge is -2.13. The highest BCUT2D eigenvalue weighted by Gasteiger charge is 2.16. The summed E-state index contributed by atoms with van der Waals surface area (Å²) in [6.45, 7) is 1.95. The molecular weight excluding hydrogens is 250 g/mol. The predicted octanol–water partition coefficient (Wildman–Crippen LogP) is 0.753. The van der Waals surface area contributed by atoms with Gasteiger partial charge in [-0.3, -0.25) is 0 Å². The van der Waals surface area contributed by atoms with Crippen LogP contribution in [0.5, 0.6) is 5.88 Å². The zero-order valence-electron chi connectivity index (χ0n) is 10.8. The van der Waals surface area contributed by atoms with Gasteiger partial charge in [-0.25, -0.2) is 14.6 Å². The molecule has 7 heteroatoms. The van der Waals surface area contributed by atoms with Crippen LogP contribution in [0, 0.1) is 0 Å². The van der Waals surface area contributed by atoms with Crippen molar-refractivity contribution in [3.05, 3.63) is 23.9 Å². The summed E-state index contributed by atoms with van der Waals surface area (Å²) < 4.78 is 4.96. The molecule has 1 atom stereocenters. The van der Waals surface area contributed by atoms with Gasteiger partial charge in [-0.2, -0.15) is 0 Å². The summed E-state index contributed by atoms with van der Waals surface area (Å²) >= 11 is 0. The maximum atomic E-state index is 11.5. The van der Waals surface area contributed by atoms with Gasteiger partial charge in [-0.15, -0.1) is 0 Å². The number of rotatable bonds is 6. The number of pyridine rings is 1. The van der Waals surface area contributed by atoms with Crippen LogP contribution in [0.25, 0.3) is 0 Å². The molecule has 3 N–H and O–H groups in total. The number of urea groups is 1. The van der Waals surface area contributed by atoms with Crippen molar-refractivity contribution in [1.82, 2.24) is 15.6 Å². The Morgan fingerprint density at radius 1 is 1.53 bits per heavy atom. The first-order valence-corrected chi connectivity index (χ1v) is 5.83. The highest BCUT2D eigenvalue weighted by atomic mass is 16.5. The molecule has 0 spiro atoms. The van der Waals surface area contributed by atoms with E-state index >= 15 is 0 Å². The Labute approximate surface area is 111 Å². The van der Waals surface area contributed by atoms with E-state index in [4.69, 9.17) is 9.84 Å².